The summed E-state index contributed by atoms with van der Waals surface area (Å²) in [5.74, 6) is 1.11. The molecule has 0 atom stereocenters. The van der Waals surface area contributed by atoms with Gasteiger partial charge in [-0.3, -0.25) is 9.59 Å². The summed E-state index contributed by atoms with van der Waals surface area (Å²) in [4.78, 5) is 27.2. The second kappa shape index (κ2) is 8.44. The van der Waals surface area contributed by atoms with Crippen LogP contribution in [0.5, 0.6) is 5.75 Å². The van der Waals surface area contributed by atoms with Crippen molar-refractivity contribution in [3.63, 3.8) is 0 Å². The highest BCUT2D eigenvalue weighted by molar-refractivity contribution is 6.09. The van der Waals surface area contributed by atoms with E-state index in [-0.39, 0.29) is 11.8 Å². The zero-order valence-corrected chi connectivity index (χ0v) is 15.7. The van der Waals surface area contributed by atoms with Gasteiger partial charge in [0.2, 0.25) is 0 Å². The molecule has 0 unspecified atom stereocenters. The Morgan fingerprint density at radius 1 is 1.04 bits per heavy atom. The fourth-order valence-electron chi connectivity index (χ4n) is 3.11. The number of benzene rings is 2. The Bertz CT molecular complexity index is 840. The summed E-state index contributed by atoms with van der Waals surface area (Å²) in [6.07, 6.45) is 2.48. The van der Waals surface area contributed by atoms with Crippen LogP contribution in [0.1, 0.15) is 33.6 Å². The van der Waals surface area contributed by atoms with E-state index in [4.69, 9.17) is 9.47 Å². The maximum Gasteiger partial charge on any atom is 0.256 e. The zero-order chi connectivity index (χ0) is 19.3. The molecule has 6 nitrogen and oxygen atoms in total. The SMILES string of the molecule is O=C(Nc1ccccc1C(=O)N1CCOCC1)c1ccc(OCC2CC2)cc1. The summed E-state index contributed by atoms with van der Waals surface area (Å²) < 4.78 is 11.0. The van der Waals surface area contributed by atoms with Crippen LogP contribution in [0.2, 0.25) is 0 Å². The van der Waals surface area contributed by atoms with Gasteiger partial charge in [-0.05, 0) is 55.2 Å². The topological polar surface area (TPSA) is 67.9 Å². The minimum atomic E-state index is -0.254. The second-order valence-corrected chi connectivity index (χ2v) is 7.18. The highest BCUT2D eigenvalue weighted by atomic mass is 16.5. The van der Waals surface area contributed by atoms with Gasteiger partial charge in [0.15, 0.2) is 0 Å². The third kappa shape index (κ3) is 4.51. The maximum atomic E-state index is 12.8. The summed E-state index contributed by atoms with van der Waals surface area (Å²) in [6.45, 7) is 2.93. The van der Waals surface area contributed by atoms with Gasteiger partial charge in [-0.25, -0.2) is 0 Å². The Balaban J connectivity index is 1.43. The quantitative estimate of drug-likeness (QED) is 0.836. The average molecular weight is 380 g/mol. The molecule has 2 aromatic carbocycles. The predicted octanol–water partition coefficient (Wildman–Crippen LogP) is 3.20. The summed E-state index contributed by atoms with van der Waals surface area (Å²) in [5, 5.41) is 2.87. The molecule has 1 saturated heterocycles. The number of carbonyl (C=O) groups is 2. The first kappa shape index (κ1) is 18.5. The van der Waals surface area contributed by atoms with E-state index < -0.39 is 0 Å². The number of anilines is 1. The van der Waals surface area contributed by atoms with E-state index >= 15 is 0 Å². The van der Waals surface area contributed by atoms with Crippen molar-refractivity contribution >= 4 is 17.5 Å². The Morgan fingerprint density at radius 2 is 1.75 bits per heavy atom. The van der Waals surface area contributed by atoms with Gasteiger partial charge in [0, 0.05) is 18.7 Å². The Labute approximate surface area is 164 Å². The number of rotatable bonds is 6. The number of carbonyl (C=O) groups excluding carboxylic acids is 2. The van der Waals surface area contributed by atoms with E-state index in [1.165, 1.54) is 12.8 Å². The second-order valence-electron chi connectivity index (χ2n) is 7.18. The van der Waals surface area contributed by atoms with Crippen LogP contribution < -0.4 is 10.1 Å². The summed E-state index contributed by atoms with van der Waals surface area (Å²) in [7, 11) is 0. The maximum absolute atomic E-state index is 12.8. The van der Waals surface area contributed by atoms with Crippen molar-refractivity contribution in [2.45, 2.75) is 12.8 Å². The molecule has 0 bridgehead atoms. The number of ether oxygens (including phenoxy) is 2. The molecule has 6 heteroatoms. The lowest BCUT2D eigenvalue weighted by molar-refractivity contribution is 0.0303. The smallest absolute Gasteiger partial charge is 0.256 e. The van der Waals surface area contributed by atoms with E-state index in [0.717, 1.165) is 12.4 Å². The molecule has 1 N–H and O–H groups in total. The number of hydrogen-bond donors (Lipinski definition) is 1. The fourth-order valence-corrected chi connectivity index (χ4v) is 3.11. The molecule has 1 saturated carbocycles. The molecule has 146 valence electrons. The van der Waals surface area contributed by atoms with E-state index in [9.17, 15) is 9.59 Å². The van der Waals surface area contributed by atoms with Crippen LogP contribution in [-0.2, 0) is 4.74 Å². The van der Waals surface area contributed by atoms with E-state index in [1.807, 2.05) is 12.1 Å². The van der Waals surface area contributed by atoms with Crippen molar-refractivity contribution in [3.8, 4) is 5.75 Å². The predicted molar refractivity (Wildman–Crippen MR) is 106 cm³/mol. The number of para-hydroxylation sites is 1. The molecule has 0 spiro atoms. The Morgan fingerprint density at radius 3 is 2.46 bits per heavy atom. The normalized spacial score (nSPS) is 16.5. The summed E-state index contributed by atoms with van der Waals surface area (Å²) >= 11 is 0. The van der Waals surface area contributed by atoms with Gasteiger partial charge in [-0.1, -0.05) is 12.1 Å². The molecular weight excluding hydrogens is 356 g/mol. The zero-order valence-electron chi connectivity index (χ0n) is 15.7. The van der Waals surface area contributed by atoms with Crippen molar-refractivity contribution < 1.29 is 19.1 Å². The highest BCUT2D eigenvalue weighted by Crippen LogP contribution is 2.29. The summed E-state index contributed by atoms with van der Waals surface area (Å²) in [6, 6.07) is 14.2. The number of nitrogens with zero attached hydrogens (tertiary/aromatic N) is 1. The van der Waals surface area contributed by atoms with Crippen LogP contribution in [0.4, 0.5) is 5.69 Å². The third-order valence-corrected chi connectivity index (χ3v) is 5.00. The van der Waals surface area contributed by atoms with Crippen LogP contribution in [0.25, 0.3) is 0 Å². The van der Waals surface area contributed by atoms with Crippen molar-refractivity contribution in [2.24, 2.45) is 5.92 Å². The molecule has 0 radical (unpaired) electrons. The molecule has 2 amide bonds. The molecule has 2 aliphatic rings. The summed E-state index contributed by atoms with van der Waals surface area (Å²) in [5.41, 5.74) is 1.52. The monoisotopic (exact) mass is 380 g/mol. The van der Waals surface area contributed by atoms with E-state index in [2.05, 4.69) is 5.32 Å². The van der Waals surface area contributed by atoms with Crippen LogP contribution in [0, 0.1) is 5.92 Å². The van der Waals surface area contributed by atoms with Gasteiger partial charge in [0.1, 0.15) is 5.75 Å². The standard InChI is InChI=1S/C22H24N2O4/c25-21(17-7-9-18(10-8-17)28-15-16-5-6-16)23-20-4-2-1-3-19(20)22(26)24-11-13-27-14-12-24/h1-4,7-10,16H,5-6,11-15H2,(H,23,25). The molecule has 1 heterocycles. The third-order valence-electron chi connectivity index (χ3n) is 5.00. The Hall–Kier alpha value is -2.86. The molecule has 2 fully saturated rings. The average Bonchev–Trinajstić information content (AvgIpc) is 3.58. The number of nitrogens with one attached hydrogen (secondary N) is 1. The van der Waals surface area contributed by atoms with Crippen LogP contribution in [-0.4, -0.2) is 49.6 Å². The molecular formula is C22H24N2O4. The van der Waals surface area contributed by atoms with Crippen molar-refractivity contribution in [1.29, 1.82) is 0 Å². The molecule has 2 aromatic rings. The first-order valence-corrected chi connectivity index (χ1v) is 9.71. The van der Waals surface area contributed by atoms with Gasteiger partial charge in [-0.2, -0.15) is 0 Å². The minimum Gasteiger partial charge on any atom is -0.493 e. The van der Waals surface area contributed by atoms with Gasteiger partial charge in [-0.15, -0.1) is 0 Å². The van der Waals surface area contributed by atoms with E-state index in [1.54, 1.807) is 41.3 Å². The van der Waals surface area contributed by atoms with Crippen LogP contribution in [0.3, 0.4) is 0 Å². The Kier molecular flexibility index (Phi) is 5.58. The molecule has 0 aromatic heterocycles. The van der Waals surface area contributed by atoms with Gasteiger partial charge < -0.3 is 19.7 Å². The lowest BCUT2D eigenvalue weighted by Gasteiger charge is -2.27. The van der Waals surface area contributed by atoms with Gasteiger partial charge in [0.05, 0.1) is 31.1 Å². The molecule has 1 aliphatic heterocycles. The van der Waals surface area contributed by atoms with E-state index in [0.29, 0.717) is 49.0 Å². The first-order chi connectivity index (χ1) is 13.7. The number of hydrogen-bond acceptors (Lipinski definition) is 4. The number of amides is 2. The van der Waals surface area contributed by atoms with Crippen molar-refractivity contribution in [2.75, 3.05) is 38.2 Å². The van der Waals surface area contributed by atoms with Gasteiger partial charge >= 0.3 is 0 Å². The molecule has 4 rings (SSSR count). The highest BCUT2D eigenvalue weighted by Gasteiger charge is 2.23. The number of morpholine rings is 1. The van der Waals surface area contributed by atoms with Crippen LogP contribution in [0.15, 0.2) is 48.5 Å². The molecule has 28 heavy (non-hydrogen) atoms. The van der Waals surface area contributed by atoms with Gasteiger partial charge in [0.25, 0.3) is 11.8 Å². The lowest BCUT2D eigenvalue weighted by atomic mass is 10.1. The van der Waals surface area contributed by atoms with Crippen molar-refractivity contribution in [1.82, 2.24) is 4.90 Å². The van der Waals surface area contributed by atoms with Crippen molar-refractivity contribution in [3.05, 3.63) is 59.7 Å². The first-order valence-electron chi connectivity index (χ1n) is 9.71. The molecule has 1 aliphatic carbocycles. The fraction of sp³-hybridized carbons (Fsp3) is 0.364. The largest absolute Gasteiger partial charge is 0.493 e. The van der Waals surface area contributed by atoms with Crippen LogP contribution >= 0.6 is 0 Å². The minimum absolute atomic E-state index is 0.0944. The lowest BCUT2D eigenvalue weighted by Crippen LogP contribution is -2.41.